The predicted molar refractivity (Wildman–Crippen MR) is 154 cm³/mol. The van der Waals surface area contributed by atoms with Crippen molar-refractivity contribution in [2.24, 2.45) is 0 Å². The molecule has 0 amide bonds. The second kappa shape index (κ2) is 11.1. The maximum atomic E-state index is 16.1. The Morgan fingerprint density at radius 2 is 1.78 bits per heavy atom. The summed E-state index contributed by atoms with van der Waals surface area (Å²) in [5, 5.41) is 3.92. The van der Waals surface area contributed by atoms with Crippen LogP contribution < -0.4 is 10.0 Å². The molecular weight excluding hydrogens is 571 g/mol. The Kier molecular flexibility index (Phi) is 7.47. The highest BCUT2D eigenvalue weighted by molar-refractivity contribution is 7.92. The first-order valence-electron chi connectivity index (χ1n) is 13.4. The topological polar surface area (TPSA) is 87.2 Å². The molecule has 1 aliphatic heterocycles. The summed E-state index contributed by atoms with van der Waals surface area (Å²) in [4.78, 5) is 11.6. The minimum atomic E-state index is -4.62. The van der Waals surface area contributed by atoms with E-state index in [4.69, 9.17) is 4.98 Å². The fraction of sp³-hybridized carbons (Fsp3) is 0.310. The third-order valence-corrected chi connectivity index (χ3v) is 10.2. The second-order valence-electron chi connectivity index (χ2n) is 10.3. The number of nitrogens with zero attached hydrogens (tertiary/aromatic N) is 3. The molecule has 2 fully saturated rings. The molecule has 2 aliphatic rings. The number of nitrogens with one attached hydrogen (secondary N) is 2. The molecule has 1 saturated heterocycles. The smallest absolute Gasteiger partial charge is 0.265 e. The minimum Gasteiger partial charge on any atom is -0.373 e. The molecule has 2 aromatic heterocycles. The van der Waals surface area contributed by atoms with E-state index >= 15 is 4.39 Å². The molecule has 12 heteroatoms. The maximum absolute atomic E-state index is 16.1. The number of likely N-dealkylation sites (tertiary alicyclic amines) is 1. The van der Waals surface area contributed by atoms with E-state index in [9.17, 15) is 17.2 Å². The van der Waals surface area contributed by atoms with Gasteiger partial charge in [-0.2, -0.15) is 0 Å². The van der Waals surface area contributed by atoms with Gasteiger partial charge in [-0.15, -0.1) is 11.3 Å². The van der Waals surface area contributed by atoms with Crippen LogP contribution in [0.15, 0.2) is 59.6 Å². The van der Waals surface area contributed by atoms with Gasteiger partial charge in [-0.1, -0.05) is 6.07 Å². The number of sulfonamides is 1. The first-order valence-corrected chi connectivity index (χ1v) is 15.7. The molecular formula is C29H28F3N5O2S2. The van der Waals surface area contributed by atoms with Gasteiger partial charge in [0, 0.05) is 30.8 Å². The van der Waals surface area contributed by atoms with Crippen molar-refractivity contribution >= 4 is 32.9 Å². The quantitative estimate of drug-likeness (QED) is 0.241. The van der Waals surface area contributed by atoms with Gasteiger partial charge in [-0.3, -0.25) is 4.72 Å². The van der Waals surface area contributed by atoms with Crippen molar-refractivity contribution in [1.29, 1.82) is 0 Å². The molecule has 4 aromatic rings. The fourth-order valence-corrected chi connectivity index (χ4v) is 7.62. The summed E-state index contributed by atoms with van der Waals surface area (Å²) in [7, 11) is -2.86. The average Bonchev–Trinajstić information content (AvgIpc) is 3.74. The number of aromatic nitrogens is 2. The molecule has 214 valence electrons. The molecule has 0 radical (unpaired) electrons. The molecule has 6 rings (SSSR count). The zero-order valence-electron chi connectivity index (χ0n) is 22.2. The molecule has 2 aromatic carbocycles. The summed E-state index contributed by atoms with van der Waals surface area (Å²) in [6, 6.07) is 10.7. The Labute approximate surface area is 240 Å². The highest BCUT2D eigenvalue weighted by Gasteiger charge is 2.34. The number of hydrogen-bond acceptors (Lipinski definition) is 7. The average molecular weight is 600 g/mol. The fourth-order valence-electron chi connectivity index (χ4n) is 5.23. The van der Waals surface area contributed by atoms with Crippen LogP contribution in [0.5, 0.6) is 0 Å². The zero-order valence-corrected chi connectivity index (χ0v) is 23.8. The van der Waals surface area contributed by atoms with E-state index in [0.29, 0.717) is 29.7 Å². The molecule has 0 spiro atoms. The van der Waals surface area contributed by atoms with Crippen LogP contribution in [-0.4, -0.2) is 49.5 Å². The van der Waals surface area contributed by atoms with Crippen LogP contribution in [0.25, 0.3) is 21.7 Å². The van der Waals surface area contributed by atoms with Crippen LogP contribution >= 0.6 is 11.3 Å². The summed E-state index contributed by atoms with van der Waals surface area (Å²) in [6.07, 6.45) is 6.10. The summed E-state index contributed by atoms with van der Waals surface area (Å²) in [6.45, 7) is 2.00. The lowest BCUT2D eigenvalue weighted by molar-refractivity contribution is 0.203. The van der Waals surface area contributed by atoms with Gasteiger partial charge in [0.2, 0.25) is 0 Å². The van der Waals surface area contributed by atoms with Crippen LogP contribution in [0.4, 0.5) is 24.7 Å². The largest absolute Gasteiger partial charge is 0.373 e. The van der Waals surface area contributed by atoms with Crippen molar-refractivity contribution in [3.05, 3.63) is 77.2 Å². The number of benzene rings is 2. The van der Waals surface area contributed by atoms with Gasteiger partial charge in [-0.05, 0) is 86.8 Å². The molecule has 0 unspecified atom stereocenters. The first kappa shape index (κ1) is 27.7. The molecule has 0 atom stereocenters. The highest BCUT2D eigenvalue weighted by atomic mass is 32.2. The van der Waals surface area contributed by atoms with E-state index in [-0.39, 0.29) is 11.5 Å². The maximum Gasteiger partial charge on any atom is 0.265 e. The Bertz CT molecular complexity index is 1700. The normalized spacial score (nSPS) is 16.6. The molecule has 0 bridgehead atoms. The van der Waals surface area contributed by atoms with Crippen molar-refractivity contribution in [1.82, 2.24) is 14.9 Å². The Morgan fingerprint density at radius 1 is 1.00 bits per heavy atom. The predicted octanol–water partition coefficient (Wildman–Crippen LogP) is 6.47. The van der Waals surface area contributed by atoms with Gasteiger partial charge in [-0.25, -0.2) is 31.6 Å². The van der Waals surface area contributed by atoms with Crippen molar-refractivity contribution in [3.8, 4) is 21.7 Å². The van der Waals surface area contributed by atoms with Gasteiger partial charge in [0.25, 0.3) is 10.0 Å². The number of rotatable bonds is 8. The molecule has 1 aliphatic carbocycles. The third kappa shape index (κ3) is 5.68. The van der Waals surface area contributed by atoms with E-state index < -0.39 is 38.1 Å². The van der Waals surface area contributed by atoms with E-state index in [0.717, 1.165) is 47.4 Å². The minimum absolute atomic E-state index is 0.0978. The number of thiazole rings is 1. The lowest BCUT2D eigenvalue weighted by Crippen LogP contribution is -2.34. The van der Waals surface area contributed by atoms with Crippen LogP contribution in [-0.2, 0) is 10.0 Å². The number of pyridine rings is 1. The summed E-state index contributed by atoms with van der Waals surface area (Å²) in [5.41, 5.74) is 0.889. The SMILES string of the molecule is CNc1cc(-c2sc(C3CCN(C4CC4)CC3)nc2-c2cccc(NS(=O)(=O)c3cc(F)ccc3F)c2F)ccn1. The van der Waals surface area contributed by atoms with Crippen LogP contribution in [0.1, 0.15) is 36.6 Å². The van der Waals surface area contributed by atoms with Crippen molar-refractivity contribution in [2.75, 3.05) is 30.2 Å². The second-order valence-corrected chi connectivity index (χ2v) is 13.0. The van der Waals surface area contributed by atoms with Gasteiger partial charge < -0.3 is 10.2 Å². The van der Waals surface area contributed by atoms with Gasteiger partial charge >= 0.3 is 0 Å². The van der Waals surface area contributed by atoms with Crippen molar-refractivity contribution in [3.63, 3.8) is 0 Å². The summed E-state index contributed by atoms with van der Waals surface area (Å²) < 4.78 is 71.9. The van der Waals surface area contributed by atoms with E-state index in [1.54, 1.807) is 13.2 Å². The highest BCUT2D eigenvalue weighted by Crippen LogP contribution is 2.44. The Morgan fingerprint density at radius 3 is 2.51 bits per heavy atom. The molecule has 7 nitrogen and oxygen atoms in total. The summed E-state index contributed by atoms with van der Waals surface area (Å²) >= 11 is 1.50. The lowest BCUT2D eigenvalue weighted by Gasteiger charge is -2.30. The third-order valence-electron chi connectivity index (χ3n) is 7.54. The molecule has 3 heterocycles. The Hall–Kier alpha value is -3.48. The summed E-state index contributed by atoms with van der Waals surface area (Å²) in [5.74, 6) is -2.07. The molecule has 1 saturated carbocycles. The van der Waals surface area contributed by atoms with Crippen molar-refractivity contribution < 1.29 is 21.6 Å². The molecule has 41 heavy (non-hydrogen) atoms. The number of halogens is 3. The number of piperidine rings is 1. The van der Waals surface area contributed by atoms with Crippen LogP contribution in [0, 0.1) is 17.5 Å². The standard InChI is InChI=1S/C29H28F3N5O2S2/c1-33-25-15-18(9-12-34-25)28-27(35-29(40-28)17-10-13-37(14-11-17)20-6-7-20)21-3-2-4-23(26(21)32)36-41(38,39)24-16-19(30)5-8-22(24)31/h2-5,8-9,12,15-17,20,36H,6-7,10-11,13-14H2,1H3,(H,33,34). The van der Waals surface area contributed by atoms with Gasteiger partial charge in [0.1, 0.15) is 22.3 Å². The monoisotopic (exact) mass is 599 g/mol. The van der Waals surface area contributed by atoms with Gasteiger partial charge in [0.15, 0.2) is 5.82 Å². The van der Waals surface area contributed by atoms with E-state index in [1.165, 1.54) is 42.4 Å². The first-order chi connectivity index (χ1) is 19.7. The van der Waals surface area contributed by atoms with Crippen molar-refractivity contribution in [2.45, 2.75) is 42.5 Å². The lowest BCUT2D eigenvalue weighted by atomic mass is 9.97. The number of hydrogen-bond donors (Lipinski definition) is 2. The Balaban J connectivity index is 1.39. The molecule has 2 N–H and O–H groups in total. The van der Waals surface area contributed by atoms with E-state index in [2.05, 4.69) is 19.9 Å². The zero-order chi connectivity index (χ0) is 28.7. The van der Waals surface area contributed by atoms with Crippen LogP contribution in [0.3, 0.4) is 0 Å². The van der Waals surface area contributed by atoms with Crippen LogP contribution in [0.2, 0.25) is 0 Å². The van der Waals surface area contributed by atoms with Gasteiger partial charge in [0.05, 0.1) is 21.3 Å². The van der Waals surface area contributed by atoms with E-state index in [1.807, 2.05) is 12.1 Å². The number of anilines is 2.